The topological polar surface area (TPSA) is 0 Å². The molecule has 16 heavy (non-hydrogen) atoms. The van der Waals surface area contributed by atoms with E-state index in [4.69, 9.17) is 0 Å². The molecule has 0 saturated heterocycles. The predicted molar refractivity (Wildman–Crippen MR) is 75.8 cm³/mol. The number of hydrogen-bond donors (Lipinski definition) is 0. The van der Waals surface area contributed by atoms with Crippen molar-refractivity contribution in [2.45, 2.75) is 85.0 Å². The Morgan fingerprint density at radius 3 is 2.19 bits per heavy atom. The Kier molecular flexibility index (Phi) is 12.6. The maximum Gasteiger partial charge on any atom is -0.0348 e. The van der Waals surface area contributed by atoms with E-state index in [1.54, 1.807) is 0 Å². The zero-order valence-electron chi connectivity index (χ0n) is 11.8. The Bertz CT molecular complexity index is 146. The lowest BCUT2D eigenvalue weighted by atomic mass is 9.93. The molecule has 0 heteroatoms. The van der Waals surface area contributed by atoms with Crippen LogP contribution >= 0.6 is 0 Å². The van der Waals surface area contributed by atoms with Crippen molar-refractivity contribution in [3.05, 3.63) is 12.2 Å². The first-order valence-electron chi connectivity index (χ1n) is 7.46. The molecular weight excluding hydrogens is 192 g/mol. The summed E-state index contributed by atoms with van der Waals surface area (Å²) in [4.78, 5) is 0. The molecule has 0 rings (SSSR count). The zero-order chi connectivity index (χ0) is 12.1. The van der Waals surface area contributed by atoms with Crippen LogP contribution in [-0.4, -0.2) is 0 Å². The Morgan fingerprint density at radius 1 is 0.875 bits per heavy atom. The van der Waals surface area contributed by atoms with Gasteiger partial charge in [0.15, 0.2) is 0 Å². The molecule has 1 atom stereocenters. The monoisotopic (exact) mass is 224 g/mol. The Balaban J connectivity index is 3.33. The highest BCUT2D eigenvalue weighted by Gasteiger charge is 2.04. The fourth-order valence-electron chi connectivity index (χ4n) is 2.26. The van der Waals surface area contributed by atoms with E-state index in [2.05, 4.69) is 32.9 Å². The lowest BCUT2D eigenvalue weighted by Gasteiger charge is -2.13. The quantitative estimate of drug-likeness (QED) is 0.293. The zero-order valence-corrected chi connectivity index (χ0v) is 11.8. The molecule has 0 spiro atoms. The van der Waals surface area contributed by atoms with Crippen LogP contribution in [0.1, 0.15) is 85.0 Å². The minimum atomic E-state index is 0.974. The summed E-state index contributed by atoms with van der Waals surface area (Å²) >= 11 is 0. The van der Waals surface area contributed by atoms with Crippen LogP contribution in [0.15, 0.2) is 12.2 Å². The molecule has 0 fully saturated rings. The Labute approximate surface area is 104 Å². The minimum absolute atomic E-state index is 0.974. The van der Waals surface area contributed by atoms with Gasteiger partial charge in [0.25, 0.3) is 0 Å². The molecule has 0 aromatic rings. The maximum absolute atomic E-state index is 2.34. The Morgan fingerprint density at radius 2 is 1.56 bits per heavy atom. The van der Waals surface area contributed by atoms with Gasteiger partial charge in [-0.1, -0.05) is 77.4 Å². The van der Waals surface area contributed by atoms with Crippen molar-refractivity contribution >= 4 is 0 Å². The summed E-state index contributed by atoms with van der Waals surface area (Å²) < 4.78 is 0. The fraction of sp³-hybridized carbons (Fsp3) is 0.875. The van der Waals surface area contributed by atoms with Crippen LogP contribution in [0.25, 0.3) is 0 Å². The summed E-state index contributed by atoms with van der Waals surface area (Å²) in [7, 11) is 0. The molecule has 0 aromatic carbocycles. The molecule has 0 nitrogen and oxygen atoms in total. The van der Waals surface area contributed by atoms with E-state index in [0.717, 1.165) is 5.92 Å². The number of allylic oxidation sites excluding steroid dienone is 2. The molecule has 1 unspecified atom stereocenters. The molecule has 0 heterocycles. The fourth-order valence-corrected chi connectivity index (χ4v) is 2.26. The molecule has 0 aliphatic heterocycles. The van der Waals surface area contributed by atoms with E-state index in [1.807, 2.05) is 0 Å². The third-order valence-electron chi connectivity index (χ3n) is 3.52. The number of rotatable bonds is 11. The third-order valence-corrected chi connectivity index (χ3v) is 3.52. The summed E-state index contributed by atoms with van der Waals surface area (Å²) in [5, 5.41) is 0. The summed E-state index contributed by atoms with van der Waals surface area (Å²) in [6, 6.07) is 0. The molecule has 0 saturated carbocycles. The van der Waals surface area contributed by atoms with Gasteiger partial charge in [0.1, 0.15) is 0 Å². The van der Waals surface area contributed by atoms with Gasteiger partial charge in [0, 0.05) is 0 Å². The minimum Gasteiger partial charge on any atom is -0.0917 e. The highest BCUT2D eigenvalue weighted by Crippen LogP contribution is 2.19. The van der Waals surface area contributed by atoms with Gasteiger partial charge in [-0.2, -0.15) is 0 Å². The molecule has 0 amide bonds. The second-order valence-electron chi connectivity index (χ2n) is 4.98. The SMILES string of the molecule is CC=CCCC(CC)CCCCCCCC. The van der Waals surface area contributed by atoms with Crippen molar-refractivity contribution in [1.82, 2.24) is 0 Å². The van der Waals surface area contributed by atoms with Crippen molar-refractivity contribution in [3.8, 4) is 0 Å². The van der Waals surface area contributed by atoms with Crippen molar-refractivity contribution in [2.75, 3.05) is 0 Å². The van der Waals surface area contributed by atoms with E-state index in [0.29, 0.717) is 0 Å². The second kappa shape index (κ2) is 12.8. The van der Waals surface area contributed by atoms with Crippen molar-refractivity contribution in [1.29, 1.82) is 0 Å². The lowest BCUT2D eigenvalue weighted by Crippen LogP contribution is -1.98. The number of unbranched alkanes of at least 4 members (excludes halogenated alkanes) is 5. The van der Waals surface area contributed by atoms with Crippen LogP contribution < -0.4 is 0 Å². The normalized spacial score (nSPS) is 13.4. The van der Waals surface area contributed by atoms with E-state index in [-0.39, 0.29) is 0 Å². The second-order valence-corrected chi connectivity index (χ2v) is 4.98. The molecule has 96 valence electrons. The van der Waals surface area contributed by atoms with Gasteiger partial charge in [-0.25, -0.2) is 0 Å². The summed E-state index contributed by atoms with van der Waals surface area (Å²) in [5.74, 6) is 0.974. The van der Waals surface area contributed by atoms with Gasteiger partial charge in [-0.3, -0.25) is 0 Å². The average molecular weight is 224 g/mol. The molecule has 0 aliphatic carbocycles. The summed E-state index contributed by atoms with van der Waals surface area (Å²) in [6.45, 7) is 6.75. The van der Waals surface area contributed by atoms with E-state index < -0.39 is 0 Å². The van der Waals surface area contributed by atoms with Crippen LogP contribution in [0.3, 0.4) is 0 Å². The maximum atomic E-state index is 2.34. The molecule has 0 aromatic heterocycles. The van der Waals surface area contributed by atoms with E-state index >= 15 is 0 Å². The van der Waals surface area contributed by atoms with E-state index in [1.165, 1.54) is 64.2 Å². The van der Waals surface area contributed by atoms with Crippen LogP contribution in [0, 0.1) is 5.92 Å². The highest BCUT2D eigenvalue weighted by molar-refractivity contribution is 4.77. The van der Waals surface area contributed by atoms with Crippen molar-refractivity contribution < 1.29 is 0 Å². The highest BCUT2D eigenvalue weighted by atomic mass is 14.1. The molecule has 0 N–H and O–H groups in total. The number of hydrogen-bond acceptors (Lipinski definition) is 0. The molecule has 0 radical (unpaired) electrons. The van der Waals surface area contributed by atoms with Crippen LogP contribution in [0.2, 0.25) is 0 Å². The van der Waals surface area contributed by atoms with Crippen molar-refractivity contribution in [2.24, 2.45) is 5.92 Å². The molecule has 0 aliphatic rings. The molecular formula is C16H32. The van der Waals surface area contributed by atoms with Gasteiger partial charge in [0.05, 0.1) is 0 Å². The predicted octanol–water partition coefficient (Wildman–Crippen LogP) is 6.12. The first kappa shape index (κ1) is 15.7. The van der Waals surface area contributed by atoms with Crippen LogP contribution in [0.4, 0.5) is 0 Å². The van der Waals surface area contributed by atoms with Gasteiger partial charge in [-0.05, 0) is 25.7 Å². The molecule has 0 bridgehead atoms. The summed E-state index contributed by atoms with van der Waals surface area (Å²) in [6.07, 6.45) is 18.6. The third kappa shape index (κ3) is 10.3. The first-order valence-corrected chi connectivity index (χ1v) is 7.46. The average Bonchev–Trinajstić information content (AvgIpc) is 2.31. The summed E-state index contributed by atoms with van der Waals surface area (Å²) in [5.41, 5.74) is 0. The van der Waals surface area contributed by atoms with Gasteiger partial charge in [-0.15, -0.1) is 0 Å². The lowest BCUT2D eigenvalue weighted by molar-refractivity contribution is 0.415. The van der Waals surface area contributed by atoms with Crippen LogP contribution in [0.5, 0.6) is 0 Å². The van der Waals surface area contributed by atoms with Gasteiger partial charge >= 0.3 is 0 Å². The Hall–Kier alpha value is -0.260. The smallest absolute Gasteiger partial charge is 0.0348 e. The largest absolute Gasteiger partial charge is 0.0917 e. The van der Waals surface area contributed by atoms with Gasteiger partial charge < -0.3 is 0 Å². The van der Waals surface area contributed by atoms with E-state index in [9.17, 15) is 0 Å². The van der Waals surface area contributed by atoms with Crippen molar-refractivity contribution in [3.63, 3.8) is 0 Å². The standard InChI is InChI=1S/C16H32/c1-4-7-9-10-11-13-15-16(6-3)14-12-8-5-2/h5,8,16H,4,6-7,9-15H2,1-3H3. The van der Waals surface area contributed by atoms with Gasteiger partial charge in [0.2, 0.25) is 0 Å². The van der Waals surface area contributed by atoms with Crippen LogP contribution in [-0.2, 0) is 0 Å². The first-order chi connectivity index (χ1) is 7.85.